The van der Waals surface area contributed by atoms with E-state index < -0.39 is 11.9 Å². The van der Waals surface area contributed by atoms with Gasteiger partial charge >= 0.3 is 11.9 Å². The molecule has 3 aromatic carbocycles. The summed E-state index contributed by atoms with van der Waals surface area (Å²) >= 11 is 2.24. The molecule has 0 saturated heterocycles. The molecule has 3 rings (SSSR count). The number of esters is 2. The van der Waals surface area contributed by atoms with Gasteiger partial charge in [0, 0.05) is 25.1 Å². The zero-order valence-corrected chi connectivity index (χ0v) is 21.2. The summed E-state index contributed by atoms with van der Waals surface area (Å²) in [4.78, 5) is 24.3. The van der Waals surface area contributed by atoms with Crippen molar-refractivity contribution in [1.29, 1.82) is 0 Å². The van der Waals surface area contributed by atoms with Crippen molar-refractivity contribution in [2.45, 2.75) is 39.5 Å². The van der Waals surface area contributed by atoms with E-state index in [2.05, 4.69) is 22.6 Å². The van der Waals surface area contributed by atoms with Gasteiger partial charge in [-0.25, -0.2) is 9.59 Å². The Kier molecular flexibility index (Phi) is 9.60. The zero-order chi connectivity index (χ0) is 23.6. The first kappa shape index (κ1) is 25.1. The Morgan fingerprint density at radius 2 is 1.24 bits per heavy atom. The maximum Gasteiger partial charge on any atom is 0.344 e. The summed E-state index contributed by atoms with van der Waals surface area (Å²) in [5.74, 6) is 0.378. The van der Waals surface area contributed by atoms with E-state index in [4.69, 9.17) is 18.9 Å². The van der Waals surface area contributed by atoms with Crippen molar-refractivity contribution in [3.8, 4) is 11.5 Å². The summed E-state index contributed by atoms with van der Waals surface area (Å²) in [7, 11) is 0. The molecule has 176 valence electrons. The molecule has 0 aliphatic heterocycles. The fourth-order valence-electron chi connectivity index (χ4n) is 3.41. The molecule has 0 atom stereocenters. The molecule has 0 amide bonds. The van der Waals surface area contributed by atoms with Gasteiger partial charge in [-0.05, 0) is 41.5 Å². The average molecular weight is 564 g/mol. The van der Waals surface area contributed by atoms with Crippen LogP contribution < -0.4 is 9.47 Å². The fraction of sp³-hybridized carbons (Fsp3) is 0.385. The van der Waals surface area contributed by atoms with Crippen molar-refractivity contribution in [2.24, 2.45) is 0 Å². The Hall–Kier alpha value is -2.55. The lowest BCUT2D eigenvalue weighted by Crippen LogP contribution is -2.17. The fourth-order valence-corrected chi connectivity index (χ4v) is 4.16. The van der Waals surface area contributed by atoms with E-state index in [1.165, 1.54) is 0 Å². The number of benzene rings is 3. The molecule has 0 saturated carbocycles. The molecule has 0 aliphatic rings. The highest BCUT2D eigenvalue weighted by molar-refractivity contribution is 14.1. The predicted octanol–water partition coefficient (Wildman–Crippen LogP) is 6.04. The van der Waals surface area contributed by atoms with E-state index in [-0.39, 0.29) is 13.2 Å². The second-order valence-electron chi connectivity index (χ2n) is 7.59. The Bertz CT molecular complexity index is 1110. The number of hydrogen-bond acceptors (Lipinski definition) is 6. The zero-order valence-electron chi connectivity index (χ0n) is 19.0. The minimum atomic E-state index is -0.401. The van der Waals surface area contributed by atoms with Crippen LogP contribution in [0.3, 0.4) is 0 Å². The van der Waals surface area contributed by atoms with Crippen molar-refractivity contribution in [3.63, 3.8) is 0 Å². The molecular formula is C26H29IO6. The summed E-state index contributed by atoms with van der Waals surface area (Å²) in [6.45, 7) is 4.49. The van der Waals surface area contributed by atoms with Crippen LogP contribution in [0.5, 0.6) is 11.5 Å². The average Bonchev–Trinajstić information content (AvgIpc) is 2.81. The number of unbranched alkanes of at least 4 members (excludes halogenated alkanes) is 2. The minimum Gasteiger partial charge on any atom is -0.481 e. The van der Waals surface area contributed by atoms with Crippen molar-refractivity contribution in [1.82, 2.24) is 0 Å². The van der Waals surface area contributed by atoms with E-state index in [0.29, 0.717) is 24.7 Å². The lowest BCUT2D eigenvalue weighted by Gasteiger charge is -2.18. The third kappa shape index (κ3) is 6.50. The summed E-state index contributed by atoms with van der Waals surface area (Å²) in [6, 6.07) is 13.5. The molecule has 0 N–H and O–H groups in total. The van der Waals surface area contributed by atoms with Crippen LogP contribution >= 0.6 is 22.6 Å². The first-order chi connectivity index (χ1) is 16.1. The number of carbonyl (C=O) groups excluding carboxylic acids is 2. The van der Waals surface area contributed by atoms with Gasteiger partial charge in [-0.3, -0.25) is 0 Å². The van der Waals surface area contributed by atoms with Gasteiger partial charge in [-0.1, -0.05) is 63.1 Å². The summed E-state index contributed by atoms with van der Waals surface area (Å²) in [6.07, 6.45) is 3.55. The van der Waals surface area contributed by atoms with Gasteiger partial charge in [0.05, 0.1) is 13.2 Å². The third-order valence-electron chi connectivity index (χ3n) is 5.09. The predicted molar refractivity (Wildman–Crippen MR) is 137 cm³/mol. The van der Waals surface area contributed by atoms with E-state index in [1.54, 1.807) is 0 Å². The Morgan fingerprint density at radius 3 is 1.82 bits per heavy atom. The lowest BCUT2D eigenvalue weighted by atomic mass is 10.0. The number of fused-ring (bicyclic) bond motifs is 2. The standard InChI is InChI=1S/C26H29IO6/c1-3-5-14-30-22(28)16-32-25-18-10-7-8-11-19(18)26(24-20(25)12-9-13-21(24)27)33-17-23(29)31-15-6-4-2/h7-13H,3-6,14-17H2,1-2H3. The molecule has 0 heterocycles. The summed E-state index contributed by atoms with van der Waals surface area (Å²) < 4.78 is 23.5. The van der Waals surface area contributed by atoms with Crippen LogP contribution in [-0.4, -0.2) is 38.4 Å². The Morgan fingerprint density at radius 1 is 0.727 bits per heavy atom. The van der Waals surface area contributed by atoms with E-state index in [0.717, 1.165) is 50.8 Å². The van der Waals surface area contributed by atoms with Crippen LogP contribution in [0.4, 0.5) is 0 Å². The Labute approximate surface area is 207 Å². The van der Waals surface area contributed by atoms with Gasteiger partial charge in [0.2, 0.25) is 0 Å². The van der Waals surface area contributed by atoms with E-state index >= 15 is 0 Å². The van der Waals surface area contributed by atoms with Crippen LogP contribution in [0.25, 0.3) is 21.5 Å². The second kappa shape index (κ2) is 12.6. The number of carbonyl (C=O) groups is 2. The van der Waals surface area contributed by atoms with Crippen molar-refractivity contribution in [2.75, 3.05) is 26.4 Å². The van der Waals surface area contributed by atoms with Crippen LogP contribution in [0.2, 0.25) is 0 Å². The third-order valence-corrected chi connectivity index (χ3v) is 5.99. The SMILES string of the molecule is CCCCOC(=O)COc1c2ccccc2c(OCC(=O)OCCCC)c2c(I)cccc12. The van der Waals surface area contributed by atoms with Crippen LogP contribution in [-0.2, 0) is 19.1 Å². The molecule has 0 unspecified atom stereocenters. The Balaban J connectivity index is 1.95. The molecule has 7 heteroatoms. The van der Waals surface area contributed by atoms with E-state index in [9.17, 15) is 9.59 Å². The highest BCUT2D eigenvalue weighted by Gasteiger charge is 2.20. The number of ether oxygens (including phenoxy) is 4. The first-order valence-electron chi connectivity index (χ1n) is 11.3. The molecule has 0 aromatic heterocycles. The maximum atomic E-state index is 12.2. The number of hydrogen-bond donors (Lipinski definition) is 0. The van der Waals surface area contributed by atoms with Crippen molar-refractivity contribution < 1.29 is 28.5 Å². The van der Waals surface area contributed by atoms with Gasteiger partial charge in [0.25, 0.3) is 0 Å². The van der Waals surface area contributed by atoms with Crippen LogP contribution in [0, 0.1) is 3.57 Å². The van der Waals surface area contributed by atoms with Gasteiger partial charge < -0.3 is 18.9 Å². The largest absolute Gasteiger partial charge is 0.481 e. The minimum absolute atomic E-state index is 0.182. The summed E-state index contributed by atoms with van der Waals surface area (Å²) in [5.41, 5.74) is 0. The quantitative estimate of drug-likeness (QED) is 0.116. The van der Waals surface area contributed by atoms with E-state index in [1.807, 2.05) is 56.3 Å². The molecule has 33 heavy (non-hydrogen) atoms. The first-order valence-corrected chi connectivity index (χ1v) is 12.3. The number of halogens is 1. The summed E-state index contributed by atoms with van der Waals surface area (Å²) in [5, 5.41) is 3.22. The van der Waals surface area contributed by atoms with Gasteiger partial charge in [0.1, 0.15) is 11.5 Å². The molecule has 3 aromatic rings. The second-order valence-corrected chi connectivity index (χ2v) is 8.75. The maximum absolute atomic E-state index is 12.2. The normalized spacial score (nSPS) is 10.9. The highest BCUT2D eigenvalue weighted by Crippen LogP contribution is 2.44. The monoisotopic (exact) mass is 564 g/mol. The molecule has 0 radical (unpaired) electrons. The van der Waals surface area contributed by atoms with Gasteiger partial charge in [-0.2, -0.15) is 0 Å². The van der Waals surface area contributed by atoms with Crippen LogP contribution in [0.15, 0.2) is 42.5 Å². The molecule has 0 aliphatic carbocycles. The van der Waals surface area contributed by atoms with Crippen LogP contribution in [0.1, 0.15) is 39.5 Å². The topological polar surface area (TPSA) is 71.1 Å². The molecular weight excluding hydrogens is 535 g/mol. The van der Waals surface area contributed by atoms with Gasteiger partial charge in [-0.15, -0.1) is 0 Å². The van der Waals surface area contributed by atoms with Crippen molar-refractivity contribution in [3.05, 3.63) is 46.0 Å². The number of rotatable bonds is 12. The molecule has 0 fully saturated rings. The lowest BCUT2D eigenvalue weighted by molar-refractivity contribution is -0.146. The highest BCUT2D eigenvalue weighted by atomic mass is 127. The molecule has 0 spiro atoms. The smallest absolute Gasteiger partial charge is 0.344 e. The van der Waals surface area contributed by atoms with Gasteiger partial charge in [0.15, 0.2) is 13.2 Å². The molecule has 6 nitrogen and oxygen atoms in total. The molecule has 0 bridgehead atoms. The van der Waals surface area contributed by atoms with Crippen molar-refractivity contribution >= 4 is 56.1 Å².